The fourth-order valence-electron chi connectivity index (χ4n) is 1.30. The van der Waals surface area contributed by atoms with Gasteiger partial charge in [0.15, 0.2) is 5.82 Å². The fourth-order valence-corrected chi connectivity index (χ4v) is 1.83. The van der Waals surface area contributed by atoms with Crippen LogP contribution in [-0.2, 0) is 0 Å². The van der Waals surface area contributed by atoms with Crippen molar-refractivity contribution >= 4 is 34.8 Å². The van der Waals surface area contributed by atoms with E-state index in [4.69, 9.17) is 34.8 Å². The largest absolute Gasteiger partial charge is 0.252 e. The van der Waals surface area contributed by atoms with E-state index in [1.165, 1.54) is 12.3 Å². The molecule has 0 N–H and O–H groups in total. The van der Waals surface area contributed by atoms with Gasteiger partial charge in [0.05, 0.1) is 15.1 Å². The summed E-state index contributed by atoms with van der Waals surface area (Å²) in [6.45, 7) is 0. The summed E-state index contributed by atoms with van der Waals surface area (Å²) in [6.07, 6.45) is 1.36. The number of hydrogen-bond donors (Lipinski definition) is 0. The summed E-state index contributed by atoms with van der Waals surface area (Å²) >= 11 is 17.4. The molecule has 0 aliphatic rings. The van der Waals surface area contributed by atoms with Gasteiger partial charge < -0.3 is 0 Å². The summed E-state index contributed by atoms with van der Waals surface area (Å²) in [5.41, 5.74) is 0.584. The van der Waals surface area contributed by atoms with Gasteiger partial charge in [-0.2, -0.15) is 0 Å². The molecule has 0 saturated carbocycles. The maximum absolute atomic E-state index is 13.6. The molecule has 0 bridgehead atoms. The van der Waals surface area contributed by atoms with Crippen LogP contribution in [0, 0.1) is 5.82 Å². The smallest absolute Gasteiger partial charge is 0.151 e. The molecule has 0 atom stereocenters. The van der Waals surface area contributed by atoms with E-state index < -0.39 is 5.82 Å². The van der Waals surface area contributed by atoms with Gasteiger partial charge in [-0.15, -0.1) is 0 Å². The Labute approximate surface area is 107 Å². The fraction of sp³-hybridized carbons (Fsp3) is 0. The highest BCUT2D eigenvalue weighted by atomic mass is 35.5. The van der Waals surface area contributed by atoms with Crippen molar-refractivity contribution < 1.29 is 4.39 Å². The predicted octanol–water partition coefficient (Wildman–Crippen LogP) is 4.85. The van der Waals surface area contributed by atoms with E-state index in [1.54, 1.807) is 18.2 Å². The van der Waals surface area contributed by atoms with Crippen LogP contribution in [-0.4, -0.2) is 4.98 Å². The number of benzene rings is 1. The maximum atomic E-state index is 13.6. The minimum atomic E-state index is -0.531. The summed E-state index contributed by atoms with van der Waals surface area (Å²) in [6, 6.07) is 6.13. The minimum Gasteiger partial charge on any atom is -0.252 e. The summed E-state index contributed by atoms with van der Waals surface area (Å²) in [5.74, 6) is -0.531. The Morgan fingerprint density at radius 2 is 1.88 bits per heavy atom. The van der Waals surface area contributed by atoms with E-state index in [0.717, 1.165) is 0 Å². The normalized spacial score (nSPS) is 10.5. The first kappa shape index (κ1) is 11.6. The summed E-state index contributed by atoms with van der Waals surface area (Å²) in [7, 11) is 0. The van der Waals surface area contributed by atoms with Crippen molar-refractivity contribution in [1.82, 2.24) is 4.98 Å². The lowest BCUT2D eigenvalue weighted by Gasteiger charge is -2.06. The van der Waals surface area contributed by atoms with E-state index in [1.807, 2.05) is 0 Å². The lowest BCUT2D eigenvalue weighted by atomic mass is 10.1. The maximum Gasteiger partial charge on any atom is 0.151 e. The van der Waals surface area contributed by atoms with Crippen LogP contribution in [0.15, 0.2) is 30.5 Å². The average molecular weight is 277 g/mol. The van der Waals surface area contributed by atoms with Crippen molar-refractivity contribution in [3.05, 3.63) is 51.3 Å². The highest BCUT2D eigenvalue weighted by Crippen LogP contribution is 2.33. The monoisotopic (exact) mass is 275 g/mol. The van der Waals surface area contributed by atoms with Crippen LogP contribution in [0.3, 0.4) is 0 Å². The Morgan fingerprint density at radius 1 is 1.12 bits per heavy atom. The molecule has 5 heteroatoms. The standard InChI is InChI=1S/C11H5Cl3FN/c12-6-4-9(15)11(16-5-6)7-2-1-3-8(13)10(7)14/h1-5H. The van der Waals surface area contributed by atoms with Crippen molar-refractivity contribution in [2.75, 3.05) is 0 Å². The second kappa shape index (κ2) is 4.58. The molecule has 0 spiro atoms. The van der Waals surface area contributed by atoms with E-state index in [0.29, 0.717) is 10.6 Å². The highest BCUT2D eigenvalue weighted by molar-refractivity contribution is 6.43. The van der Waals surface area contributed by atoms with Crippen molar-refractivity contribution in [3.8, 4) is 11.3 Å². The number of nitrogens with zero attached hydrogens (tertiary/aromatic N) is 1. The molecule has 82 valence electrons. The third-order valence-electron chi connectivity index (χ3n) is 2.01. The van der Waals surface area contributed by atoms with Crippen LogP contribution in [0.4, 0.5) is 4.39 Å². The van der Waals surface area contributed by atoms with Crippen molar-refractivity contribution in [2.24, 2.45) is 0 Å². The molecule has 0 saturated heterocycles. The van der Waals surface area contributed by atoms with Gasteiger partial charge >= 0.3 is 0 Å². The van der Waals surface area contributed by atoms with Crippen LogP contribution < -0.4 is 0 Å². The zero-order chi connectivity index (χ0) is 11.7. The molecule has 0 fully saturated rings. The molecule has 2 rings (SSSR count). The second-order valence-corrected chi connectivity index (χ2v) is 4.31. The van der Waals surface area contributed by atoms with Crippen LogP contribution in [0.1, 0.15) is 0 Å². The molecular weight excluding hydrogens is 271 g/mol. The number of pyridine rings is 1. The van der Waals surface area contributed by atoms with Gasteiger partial charge in [-0.05, 0) is 12.1 Å². The van der Waals surface area contributed by atoms with Gasteiger partial charge in [0.1, 0.15) is 5.69 Å². The molecule has 0 amide bonds. The topological polar surface area (TPSA) is 12.9 Å². The van der Waals surface area contributed by atoms with E-state index in [-0.39, 0.29) is 15.7 Å². The predicted molar refractivity (Wildman–Crippen MR) is 64.7 cm³/mol. The Bertz CT molecular complexity index is 543. The molecule has 0 aliphatic carbocycles. The Kier molecular flexibility index (Phi) is 3.33. The molecule has 0 unspecified atom stereocenters. The summed E-state index contributed by atoms with van der Waals surface area (Å²) in [4.78, 5) is 3.90. The first-order valence-corrected chi connectivity index (χ1v) is 5.48. The quantitative estimate of drug-likeness (QED) is 0.725. The first-order chi connectivity index (χ1) is 7.59. The third-order valence-corrected chi connectivity index (χ3v) is 3.04. The lowest BCUT2D eigenvalue weighted by molar-refractivity contribution is 0.626. The lowest BCUT2D eigenvalue weighted by Crippen LogP contribution is -1.90. The molecule has 1 nitrogen and oxygen atoms in total. The zero-order valence-corrected chi connectivity index (χ0v) is 10.1. The average Bonchev–Trinajstić information content (AvgIpc) is 2.23. The van der Waals surface area contributed by atoms with Crippen LogP contribution in [0.5, 0.6) is 0 Å². The number of hydrogen-bond acceptors (Lipinski definition) is 1. The van der Waals surface area contributed by atoms with Crippen LogP contribution in [0.2, 0.25) is 15.1 Å². The van der Waals surface area contributed by atoms with Crippen LogP contribution in [0.25, 0.3) is 11.3 Å². The summed E-state index contributed by atoms with van der Waals surface area (Å²) < 4.78 is 13.6. The number of aromatic nitrogens is 1. The van der Waals surface area contributed by atoms with E-state index >= 15 is 0 Å². The molecule has 2 aromatic rings. The second-order valence-electron chi connectivity index (χ2n) is 3.09. The van der Waals surface area contributed by atoms with Gasteiger partial charge in [-0.3, -0.25) is 4.98 Å². The SMILES string of the molecule is Fc1cc(Cl)cnc1-c1cccc(Cl)c1Cl. The minimum absolute atomic E-state index is 0.136. The molecule has 0 aliphatic heterocycles. The zero-order valence-electron chi connectivity index (χ0n) is 7.85. The van der Waals surface area contributed by atoms with Crippen molar-refractivity contribution in [3.63, 3.8) is 0 Å². The Hall–Kier alpha value is -0.830. The van der Waals surface area contributed by atoms with Crippen molar-refractivity contribution in [2.45, 2.75) is 0 Å². The highest BCUT2D eigenvalue weighted by Gasteiger charge is 2.12. The van der Waals surface area contributed by atoms with Gasteiger partial charge in [0.25, 0.3) is 0 Å². The van der Waals surface area contributed by atoms with Crippen molar-refractivity contribution in [1.29, 1.82) is 0 Å². The molecule has 1 heterocycles. The third kappa shape index (κ3) is 2.14. The van der Waals surface area contributed by atoms with Crippen LogP contribution >= 0.6 is 34.8 Å². The van der Waals surface area contributed by atoms with Gasteiger partial charge in [0, 0.05) is 11.8 Å². The van der Waals surface area contributed by atoms with Gasteiger partial charge in [-0.25, -0.2) is 4.39 Å². The van der Waals surface area contributed by atoms with Gasteiger partial charge in [0.2, 0.25) is 0 Å². The Balaban J connectivity index is 2.63. The first-order valence-electron chi connectivity index (χ1n) is 4.35. The Morgan fingerprint density at radius 3 is 2.56 bits per heavy atom. The van der Waals surface area contributed by atoms with E-state index in [9.17, 15) is 4.39 Å². The summed E-state index contributed by atoms with van der Waals surface area (Å²) in [5, 5.41) is 0.868. The number of halogens is 4. The van der Waals surface area contributed by atoms with Gasteiger partial charge in [-0.1, -0.05) is 46.9 Å². The molecule has 0 radical (unpaired) electrons. The van der Waals surface area contributed by atoms with E-state index in [2.05, 4.69) is 4.98 Å². The molecule has 16 heavy (non-hydrogen) atoms. The molecule has 1 aromatic heterocycles. The number of rotatable bonds is 1. The molecule has 1 aromatic carbocycles. The molecular formula is C11H5Cl3FN.